The van der Waals surface area contributed by atoms with Crippen LogP contribution in [0.5, 0.6) is 17.2 Å². The van der Waals surface area contributed by atoms with Crippen molar-refractivity contribution in [1.82, 2.24) is 4.57 Å². The fraction of sp³-hybridized carbons (Fsp3) is 0.273. The standard InChI is InChI=1S/C22H21FN2O5S/c1-24-21-20(31-22(24)27)15(11-18(26)25(21)14-7-5-13(23)6-8-14)12-9-16(28-2)19(30-4)17(10-12)29-3/h5-10,15H,11H2,1-4H3/t15-/m0/s1. The molecule has 3 aromatic rings. The Hall–Kier alpha value is -3.33. The van der Waals surface area contributed by atoms with Gasteiger partial charge in [-0.15, -0.1) is 0 Å². The van der Waals surface area contributed by atoms with Gasteiger partial charge >= 0.3 is 4.87 Å². The van der Waals surface area contributed by atoms with Crippen LogP contribution in [0, 0.1) is 5.82 Å². The molecule has 1 aliphatic rings. The predicted octanol–water partition coefficient (Wildman–Crippen LogP) is 3.81. The second-order valence-corrected chi connectivity index (χ2v) is 8.03. The zero-order valence-electron chi connectivity index (χ0n) is 17.5. The van der Waals surface area contributed by atoms with Crippen molar-refractivity contribution in [2.45, 2.75) is 12.3 Å². The number of thiazole rings is 1. The van der Waals surface area contributed by atoms with Crippen LogP contribution in [0.4, 0.5) is 15.9 Å². The molecule has 162 valence electrons. The van der Waals surface area contributed by atoms with E-state index in [1.54, 1.807) is 19.2 Å². The number of methoxy groups -OCH3 is 3. The second-order valence-electron chi connectivity index (χ2n) is 7.04. The van der Waals surface area contributed by atoms with E-state index in [0.29, 0.717) is 28.8 Å². The van der Waals surface area contributed by atoms with Gasteiger partial charge in [0.25, 0.3) is 0 Å². The molecule has 1 aromatic heterocycles. The van der Waals surface area contributed by atoms with E-state index in [9.17, 15) is 14.0 Å². The number of halogens is 1. The molecule has 31 heavy (non-hydrogen) atoms. The highest BCUT2D eigenvalue weighted by atomic mass is 32.1. The number of anilines is 2. The first kappa shape index (κ1) is 20.9. The molecule has 0 radical (unpaired) electrons. The normalized spacial score (nSPS) is 15.6. The summed E-state index contributed by atoms with van der Waals surface area (Å²) in [6, 6.07) is 9.22. The van der Waals surface area contributed by atoms with Crippen LogP contribution < -0.4 is 24.0 Å². The lowest BCUT2D eigenvalue weighted by molar-refractivity contribution is -0.118. The lowest BCUT2D eigenvalue weighted by Crippen LogP contribution is -2.34. The monoisotopic (exact) mass is 444 g/mol. The number of ether oxygens (including phenoxy) is 3. The Morgan fingerprint density at radius 3 is 2.16 bits per heavy atom. The van der Waals surface area contributed by atoms with Crippen LogP contribution in [-0.4, -0.2) is 31.8 Å². The Morgan fingerprint density at radius 1 is 1.00 bits per heavy atom. The first-order chi connectivity index (χ1) is 14.9. The van der Waals surface area contributed by atoms with E-state index >= 15 is 0 Å². The Labute approximate surface area is 182 Å². The summed E-state index contributed by atoms with van der Waals surface area (Å²) < 4.78 is 31.2. The average molecular weight is 444 g/mol. The summed E-state index contributed by atoms with van der Waals surface area (Å²) >= 11 is 1.09. The van der Waals surface area contributed by atoms with E-state index < -0.39 is 5.82 Å². The van der Waals surface area contributed by atoms with Gasteiger partial charge in [-0.05, 0) is 42.0 Å². The number of nitrogens with zero attached hydrogens (tertiary/aromatic N) is 2. The summed E-state index contributed by atoms with van der Waals surface area (Å²) in [5, 5.41) is 0. The first-order valence-corrected chi connectivity index (χ1v) is 10.3. The summed E-state index contributed by atoms with van der Waals surface area (Å²) in [4.78, 5) is 27.9. The Bertz CT molecular complexity index is 1180. The molecule has 0 saturated heterocycles. The van der Waals surface area contributed by atoms with Gasteiger partial charge in [0.1, 0.15) is 11.6 Å². The van der Waals surface area contributed by atoms with E-state index in [4.69, 9.17) is 14.2 Å². The number of hydrogen-bond donors (Lipinski definition) is 0. The quantitative estimate of drug-likeness (QED) is 0.599. The Morgan fingerprint density at radius 2 is 1.61 bits per heavy atom. The van der Waals surface area contributed by atoms with Gasteiger partial charge < -0.3 is 14.2 Å². The largest absolute Gasteiger partial charge is 0.493 e. The molecule has 1 amide bonds. The van der Waals surface area contributed by atoms with Crippen molar-refractivity contribution in [3.8, 4) is 17.2 Å². The first-order valence-electron chi connectivity index (χ1n) is 9.47. The number of carbonyl (C=O) groups is 1. The van der Waals surface area contributed by atoms with E-state index in [0.717, 1.165) is 21.8 Å². The predicted molar refractivity (Wildman–Crippen MR) is 116 cm³/mol. The molecule has 0 bridgehead atoms. The van der Waals surface area contributed by atoms with E-state index in [1.165, 1.54) is 55.1 Å². The lowest BCUT2D eigenvalue weighted by Gasteiger charge is -2.32. The molecule has 0 saturated carbocycles. The van der Waals surface area contributed by atoms with Crippen molar-refractivity contribution in [1.29, 1.82) is 0 Å². The summed E-state index contributed by atoms with van der Waals surface area (Å²) in [5.74, 6) is 0.896. The molecule has 1 aliphatic heterocycles. The topological polar surface area (TPSA) is 70.0 Å². The van der Waals surface area contributed by atoms with Gasteiger partial charge in [-0.2, -0.15) is 0 Å². The maximum atomic E-state index is 13.4. The Balaban J connectivity index is 1.89. The van der Waals surface area contributed by atoms with Crippen molar-refractivity contribution in [3.63, 3.8) is 0 Å². The molecular formula is C22H21FN2O5S. The summed E-state index contributed by atoms with van der Waals surface area (Å²) in [7, 11) is 6.19. The third kappa shape index (κ3) is 3.44. The molecule has 0 aliphatic carbocycles. The smallest absolute Gasteiger partial charge is 0.308 e. The third-order valence-corrected chi connectivity index (χ3v) is 6.48. The highest BCUT2D eigenvalue weighted by molar-refractivity contribution is 7.10. The fourth-order valence-electron chi connectivity index (χ4n) is 3.85. The third-order valence-electron chi connectivity index (χ3n) is 5.34. The summed E-state index contributed by atoms with van der Waals surface area (Å²) in [6.45, 7) is 0. The van der Waals surface area contributed by atoms with Crippen molar-refractivity contribution >= 4 is 28.7 Å². The maximum Gasteiger partial charge on any atom is 0.308 e. The number of fused-ring (bicyclic) bond motifs is 1. The molecule has 1 atom stereocenters. The van der Waals surface area contributed by atoms with Gasteiger partial charge in [0, 0.05) is 19.4 Å². The van der Waals surface area contributed by atoms with Crippen LogP contribution in [-0.2, 0) is 11.8 Å². The maximum absolute atomic E-state index is 13.4. The van der Waals surface area contributed by atoms with Gasteiger partial charge in [-0.25, -0.2) is 4.39 Å². The van der Waals surface area contributed by atoms with Gasteiger partial charge in [-0.1, -0.05) is 11.3 Å². The molecule has 2 aromatic carbocycles. The van der Waals surface area contributed by atoms with Crippen LogP contribution >= 0.6 is 11.3 Å². The van der Waals surface area contributed by atoms with Crippen molar-refractivity contribution in [2.75, 3.05) is 26.2 Å². The molecule has 0 fully saturated rings. The van der Waals surface area contributed by atoms with Crippen molar-refractivity contribution in [2.24, 2.45) is 7.05 Å². The number of benzene rings is 2. The lowest BCUT2D eigenvalue weighted by atomic mass is 9.90. The molecule has 7 nitrogen and oxygen atoms in total. The second kappa shape index (κ2) is 8.07. The molecule has 0 unspecified atom stereocenters. The number of aromatic nitrogens is 1. The van der Waals surface area contributed by atoms with E-state index in [-0.39, 0.29) is 23.1 Å². The Kier molecular flexibility index (Phi) is 5.45. The minimum Gasteiger partial charge on any atom is -0.493 e. The molecular weight excluding hydrogens is 423 g/mol. The molecule has 0 N–H and O–H groups in total. The van der Waals surface area contributed by atoms with Crippen LogP contribution in [0.1, 0.15) is 22.8 Å². The minimum atomic E-state index is -0.400. The zero-order chi connectivity index (χ0) is 22.3. The van der Waals surface area contributed by atoms with E-state index in [1.807, 2.05) is 0 Å². The van der Waals surface area contributed by atoms with Crippen molar-refractivity contribution < 1.29 is 23.4 Å². The van der Waals surface area contributed by atoms with Crippen LogP contribution in [0.2, 0.25) is 0 Å². The number of amides is 1. The minimum absolute atomic E-state index is 0.128. The van der Waals surface area contributed by atoms with Crippen molar-refractivity contribution in [3.05, 3.63) is 62.3 Å². The van der Waals surface area contributed by atoms with Gasteiger partial charge in [-0.3, -0.25) is 19.1 Å². The average Bonchev–Trinajstić information content (AvgIpc) is 3.07. The summed E-state index contributed by atoms with van der Waals surface area (Å²) in [6.07, 6.45) is 0.128. The highest BCUT2D eigenvalue weighted by Gasteiger charge is 2.38. The van der Waals surface area contributed by atoms with E-state index in [2.05, 4.69) is 0 Å². The number of rotatable bonds is 5. The number of carbonyl (C=O) groups excluding carboxylic acids is 1. The molecule has 4 rings (SSSR count). The molecule has 2 heterocycles. The summed E-state index contributed by atoms with van der Waals surface area (Å²) in [5.41, 5.74) is 1.27. The van der Waals surface area contributed by atoms with Gasteiger partial charge in [0.15, 0.2) is 11.5 Å². The van der Waals surface area contributed by atoms with Gasteiger partial charge in [0.05, 0.1) is 31.9 Å². The van der Waals surface area contributed by atoms with Gasteiger partial charge in [0.2, 0.25) is 11.7 Å². The number of hydrogen-bond acceptors (Lipinski definition) is 6. The molecule has 0 spiro atoms. The fourth-order valence-corrected chi connectivity index (χ4v) is 4.94. The van der Waals surface area contributed by atoms with Crippen LogP contribution in [0.25, 0.3) is 0 Å². The SMILES string of the molecule is COc1cc([C@@H]2CC(=O)N(c3ccc(F)cc3)c3c2sc(=O)n3C)cc(OC)c1OC. The highest BCUT2D eigenvalue weighted by Crippen LogP contribution is 2.48. The van der Waals surface area contributed by atoms with Crippen LogP contribution in [0.3, 0.4) is 0 Å². The zero-order valence-corrected chi connectivity index (χ0v) is 18.3. The molecule has 9 heteroatoms. The van der Waals surface area contributed by atoms with Crippen LogP contribution in [0.15, 0.2) is 41.2 Å².